The number of hydrogen-bond acceptors (Lipinski definition) is 2. The Morgan fingerprint density at radius 2 is 1.79 bits per heavy atom. The number of benzene rings is 2. The molecule has 4 rings (SSSR count). The van der Waals surface area contributed by atoms with Gasteiger partial charge in [0.15, 0.2) is 0 Å². The van der Waals surface area contributed by atoms with Gasteiger partial charge in [0.1, 0.15) is 0 Å². The molecule has 5 heteroatoms. The largest absolute Gasteiger partial charge is 0.384 e. The van der Waals surface area contributed by atoms with Crippen LogP contribution >= 0.6 is 23.2 Å². The molecule has 2 aliphatic heterocycles. The minimum absolute atomic E-state index is 0.0788. The first-order chi connectivity index (χ1) is 11.6. The molecule has 2 aromatic rings. The van der Waals surface area contributed by atoms with E-state index in [4.69, 9.17) is 23.2 Å². The first kappa shape index (κ1) is 15.6. The number of rotatable bonds is 1. The van der Waals surface area contributed by atoms with Crippen molar-refractivity contribution in [3.05, 3.63) is 63.6 Å². The van der Waals surface area contributed by atoms with E-state index in [0.29, 0.717) is 16.6 Å². The van der Waals surface area contributed by atoms with Gasteiger partial charge in [-0.05, 0) is 42.7 Å². The maximum atomic E-state index is 13.0. The highest BCUT2D eigenvalue weighted by molar-refractivity contribution is 6.36. The summed E-state index contributed by atoms with van der Waals surface area (Å²) < 4.78 is 0. The Balaban J connectivity index is 1.79. The average Bonchev–Trinajstić information content (AvgIpc) is 2.96. The van der Waals surface area contributed by atoms with E-state index >= 15 is 0 Å². The highest BCUT2D eigenvalue weighted by Gasteiger charge is 2.32. The topological polar surface area (TPSA) is 32.3 Å². The van der Waals surface area contributed by atoms with Crippen LogP contribution in [0.5, 0.6) is 0 Å². The second-order valence-electron chi connectivity index (χ2n) is 5.99. The molecule has 0 unspecified atom stereocenters. The van der Waals surface area contributed by atoms with Crippen LogP contribution in [0.1, 0.15) is 18.4 Å². The molecule has 3 nitrogen and oxygen atoms in total. The van der Waals surface area contributed by atoms with Crippen molar-refractivity contribution in [3.8, 4) is 0 Å². The molecular weight excluding hydrogens is 343 g/mol. The Kier molecular flexibility index (Phi) is 3.99. The lowest BCUT2D eigenvalue weighted by molar-refractivity contribution is -0.114. The Morgan fingerprint density at radius 3 is 2.58 bits per heavy atom. The van der Waals surface area contributed by atoms with Gasteiger partial charge in [0.05, 0.1) is 5.02 Å². The molecule has 0 spiro atoms. The van der Waals surface area contributed by atoms with Crippen LogP contribution in [0.15, 0.2) is 48.0 Å². The Morgan fingerprint density at radius 1 is 1.00 bits per heavy atom. The molecule has 1 amide bonds. The van der Waals surface area contributed by atoms with E-state index in [1.807, 2.05) is 41.3 Å². The van der Waals surface area contributed by atoms with Crippen LogP contribution in [0.3, 0.4) is 0 Å². The molecule has 0 saturated carbocycles. The van der Waals surface area contributed by atoms with Gasteiger partial charge >= 0.3 is 0 Å². The Labute approximate surface area is 150 Å². The second-order valence-corrected chi connectivity index (χ2v) is 6.83. The quantitative estimate of drug-likeness (QED) is 0.727. The number of para-hydroxylation sites is 1. The smallest absolute Gasteiger partial charge is 0.254 e. The van der Waals surface area contributed by atoms with Gasteiger partial charge in [0, 0.05) is 40.6 Å². The van der Waals surface area contributed by atoms with Gasteiger partial charge in [0.25, 0.3) is 5.91 Å². The lowest BCUT2D eigenvalue weighted by Crippen LogP contribution is -2.25. The predicted molar refractivity (Wildman–Crippen MR) is 99.9 cm³/mol. The molecule has 0 radical (unpaired) electrons. The van der Waals surface area contributed by atoms with Gasteiger partial charge in [-0.3, -0.25) is 4.79 Å². The molecule has 1 saturated heterocycles. The average molecular weight is 359 g/mol. The highest BCUT2D eigenvalue weighted by atomic mass is 35.5. The van der Waals surface area contributed by atoms with E-state index in [1.54, 1.807) is 6.07 Å². The van der Waals surface area contributed by atoms with E-state index in [2.05, 4.69) is 5.32 Å². The normalized spacial score (nSPS) is 20.1. The van der Waals surface area contributed by atoms with Crippen molar-refractivity contribution >= 4 is 46.1 Å². The summed E-state index contributed by atoms with van der Waals surface area (Å²) >= 11 is 12.5. The van der Waals surface area contributed by atoms with Crippen molar-refractivity contribution in [1.29, 1.82) is 0 Å². The van der Waals surface area contributed by atoms with Gasteiger partial charge in [-0.25, -0.2) is 0 Å². The van der Waals surface area contributed by atoms with Gasteiger partial charge in [-0.2, -0.15) is 0 Å². The molecule has 0 atom stereocenters. The molecule has 2 aromatic carbocycles. The van der Waals surface area contributed by atoms with Crippen LogP contribution < -0.4 is 10.2 Å². The number of amides is 1. The summed E-state index contributed by atoms with van der Waals surface area (Å²) in [6, 6.07) is 13.4. The molecule has 2 aliphatic rings. The molecule has 24 heavy (non-hydrogen) atoms. The summed E-state index contributed by atoms with van der Waals surface area (Å²) in [6.45, 7) is 1.48. The highest BCUT2D eigenvalue weighted by Crippen LogP contribution is 2.42. The van der Waals surface area contributed by atoms with Gasteiger partial charge in [0.2, 0.25) is 0 Å². The second kappa shape index (κ2) is 6.15. The first-order valence-corrected chi connectivity index (χ1v) is 8.73. The lowest BCUT2D eigenvalue weighted by atomic mass is 9.92. The zero-order valence-corrected chi connectivity index (χ0v) is 14.5. The number of nitrogens with zero attached hydrogens (tertiary/aromatic N) is 1. The maximum Gasteiger partial charge on any atom is 0.254 e. The fraction of sp³-hybridized carbons (Fsp3) is 0.211. The van der Waals surface area contributed by atoms with Crippen LogP contribution in [-0.2, 0) is 4.79 Å². The summed E-state index contributed by atoms with van der Waals surface area (Å²) in [5.74, 6) is 0.0788. The monoisotopic (exact) mass is 358 g/mol. The third-order valence-corrected chi connectivity index (χ3v) is 5.08. The van der Waals surface area contributed by atoms with Crippen molar-refractivity contribution in [1.82, 2.24) is 0 Å². The molecule has 1 N–H and O–H groups in total. The number of halogens is 2. The number of anilines is 2. The third-order valence-electron chi connectivity index (χ3n) is 4.57. The van der Waals surface area contributed by atoms with Crippen LogP contribution in [0.25, 0.3) is 5.57 Å². The van der Waals surface area contributed by atoms with Crippen molar-refractivity contribution in [3.63, 3.8) is 0 Å². The Bertz CT molecular complexity index is 846. The van der Waals surface area contributed by atoms with E-state index < -0.39 is 0 Å². The van der Waals surface area contributed by atoms with Crippen LogP contribution in [0.4, 0.5) is 11.4 Å². The summed E-state index contributed by atoms with van der Waals surface area (Å²) in [5.41, 5.74) is 4.69. The lowest BCUT2D eigenvalue weighted by Gasteiger charge is -2.24. The minimum atomic E-state index is 0.0788. The van der Waals surface area contributed by atoms with E-state index in [0.717, 1.165) is 47.5 Å². The third kappa shape index (κ3) is 2.58. The number of hydrogen-bond donors (Lipinski definition) is 1. The zero-order chi connectivity index (χ0) is 16.7. The van der Waals surface area contributed by atoms with E-state index in [9.17, 15) is 4.79 Å². The van der Waals surface area contributed by atoms with Crippen molar-refractivity contribution < 1.29 is 4.79 Å². The Hall–Kier alpha value is -1.97. The number of carbonyl (C=O) groups excluding carboxylic acids is 1. The maximum absolute atomic E-state index is 13.0. The van der Waals surface area contributed by atoms with Crippen molar-refractivity contribution in [2.75, 3.05) is 23.3 Å². The molecule has 0 aromatic heterocycles. The fourth-order valence-electron chi connectivity index (χ4n) is 3.50. The molecule has 1 fully saturated rings. The molecule has 0 aliphatic carbocycles. The van der Waals surface area contributed by atoms with Crippen LogP contribution in [-0.4, -0.2) is 19.0 Å². The van der Waals surface area contributed by atoms with E-state index in [-0.39, 0.29) is 5.91 Å². The summed E-state index contributed by atoms with van der Waals surface area (Å²) in [6.07, 6.45) is 1.53. The SMILES string of the molecule is O=C1C(=C2CCNc3cc(Cl)cc(Cl)c32)CCN1c1ccccc1. The van der Waals surface area contributed by atoms with Gasteiger partial charge in [-0.1, -0.05) is 41.4 Å². The molecule has 0 bridgehead atoms. The van der Waals surface area contributed by atoms with Gasteiger partial charge in [-0.15, -0.1) is 0 Å². The fourth-order valence-corrected chi connectivity index (χ4v) is 4.11. The van der Waals surface area contributed by atoms with E-state index in [1.165, 1.54) is 0 Å². The molecular formula is C19H16Cl2N2O. The minimum Gasteiger partial charge on any atom is -0.384 e. The number of fused-ring (bicyclic) bond motifs is 1. The van der Waals surface area contributed by atoms with Gasteiger partial charge < -0.3 is 10.2 Å². The van der Waals surface area contributed by atoms with Crippen molar-refractivity contribution in [2.45, 2.75) is 12.8 Å². The standard InChI is InChI=1S/C19H16Cl2N2O/c20-12-10-16(21)18-14(6-8-22-17(18)11-12)15-7-9-23(19(15)24)13-4-2-1-3-5-13/h1-5,10-11,22H,6-9H2. The summed E-state index contributed by atoms with van der Waals surface area (Å²) in [5, 5.41) is 4.52. The zero-order valence-electron chi connectivity index (χ0n) is 13.0. The predicted octanol–water partition coefficient (Wildman–Crippen LogP) is 5.00. The molecule has 122 valence electrons. The number of carbonyl (C=O) groups is 1. The van der Waals surface area contributed by atoms with Crippen LogP contribution in [0, 0.1) is 0 Å². The summed E-state index contributed by atoms with van der Waals surface area (Å²) in [4.78, 5) is 14.8. The molecule has 2 heterocycles. The summed E-state index contributed by atoms with van der Waals surface area (Å²) in [7, 11) is 0. The number of nitrogens with one attached hydrogen (secondary N) is 1. The van der Waals surface area contributed by atoms with Crippen LogP contribution in [0.2, 0.25) is 10.0 Å². The van der Waals surface area contributed by atoms with Crippen molar-refractivity contribution in [2.24, 2.45) is 0 Å². The first-order valence-electron chi connectivity index (χ1n) is 7.97.